The van der Waals surface area contributed by atoms with Crippen LogP contribution in [0.3, 0.4) is 0 Å². The molecule has 0 bridgehead atoms. The summed E-state index contributed by atoms with van der Waals surface area (Å²) >= 11 is 0. The van der Waals surface area contributed by atoms with Gasteiger partial charge >= 0.3 is 0 Å². The molecule has 0 amide bonds. The normalized spacial score (nSPS) is 14.2. The Morgan fingerprint density at radius 3 is 2.73 bits per heavy atom. The molecule has 0 aliphatic rings. The SMILES string of the molecule is CCNC(C)c1nc(C(C)(C)OC)no1. The number of rotatable bonds is 5. The van der Waals surface area contributed by atoms with E-state index in [4.69, 9.17) is 9.26 Å². The van der Waals surface area contributed by atoms with Crippen LogP contribution in [0.4, 0.5) is 0 Å². The van der Waals surface area contributed by atoms with E-state index in [0.717, 1.165) is 6.54 Å². The molecule has 86 valence electrons. The molecule has 15 heavy (non-hydrogen) atoms. The topological polar surface area (TPSA) is 60.2 Å². The monoisotopic (exact) mass is 213 g/mol. The highest BCUT2D eigenvalue weighted by atomic mass is 16.5. The van der Waals surface area contributed by atoms with Crippen LogP contribution in [0.2, 0.25) is 0 Å². The maximum Gasteiger partial charge on any atom is 0.243 e. The van der Waals surface area contributed by atoms with E-state index in [-0.39, 0.29) is 6.04 Å². The average Bonchev–Trinajstić information content (AvgIpc) is 2.67. The summed E-state index contributed by atoms with van der Waals surface area (Å²) in [6.45, 7) is 8.69. The Morgan fingerprint density at radius 1 is 1.53 bits per heavy atom. The predicted molar refractivity (Wildman–Crippen MR) is 56.4 cm³/mol. The van der Waals surface area contributed by atoms with Gasteiger partial charge in [-0.1, -0.05) is 12.1 Å². The van der Waals surface area contributed by atoms with Gasteiger partial charge in [-0.2, -0.15) is 4.98 Å². The Bertz CT molecular complexity index is 309. The molecular formula is C10H19N3O2. The summed E-state index contributed by atoms with van der Waals surface area (Å²) in [5, 5.41) is 7.12. The smallest absolute Gasteiger partial charge is 0.243 e. The third kappa shape index (κ3) is 2.76. The molecule has 1 aromatic heterocycles. The van der Waals surface area contributed by atoms with Gasteiger partial charge in [-0.15, -0.1) is 0 Å². The second-order valence-electron chi connectivity index (χ2n) is 3.95. The second kappa shape index (κ2) is 4.72. The summed E-state index contributed by atoms with van der Waals surface area (Å²) in [6, 6.07) is 0.0731. The molecule has 0 spiro atoms. The Balaban J connectivity index is 2.80. The molecule has 5 nitrogen and oxygen atoms in total. The number of aromatic nitrogens is 2. The lowest BCUT2D eigenvalue weighted by atomic mass is 10.1. The first-order valence-corrected chi connectivity index (χ1v) is 5.14. The molecule has 5 heteroatoms. The van der Waals surface area contributed by atoms with Crippen LogP contribution < -0.4 is 5.32 Å². The van der Waals surface area contributed by atoms with Crippen molar-refractivity contribution in [3.05, 3.63) is 11.7 Å². The molecule has 1 aromatic rings. The molecule has 0 fully saturated rings. The lowest BCUT2D eigenvalue weighted by Crippen LogP contribution is -2.22. The zero-order valence-corrected chi connectivity index (χ0v) is 10.00. The van der Waals surface area contributed by atoms with Crippen molar-refractivity contribution in [2.75, 3.05) is 13.7 Å². The number of hydrogen-bond donors (Lipinski definition) is 1. The first-order chi connectivity index (χ1) is 7.01. The van der Waals surface area contributed by atoms with Gasteiger partial charge in [-0.3, -0.25) is 0 Å². The molecule has 0 aromatic carbocycles. The van der Waals surface area contributed by atoms with Crippen LogP contribution in [-0.2, 0) is 10.3 Å². The van der Waals surface area contributed by atoms with Crippen LogP contribution in [0.5, 0.6) is 0 Å². The maximum atomic E-state index is 5.27. The molecule has 0 radical (unpaired) electrons. The largest absolute Gasteiger partial charge is 0.371 e. The van der Waals surface area contributed by atoms with E-state index in [1.165, 1.54) is 0 Å². The quantitative estimate of drug-likeness (QED) is 0.805. The standard InChI is InChI=1S/C10H19N3O2/c1-6-11-7(2)8-12-9(13-15-8)10(3,4)14-5/h7,11H,6H2,1-5H3. The molecule has 1 N–H and O–H groups in total. The van der Waals surface area contributed by atoms with Crippen LogP contribution in [-0.4, -0.2) is 23.8 Å². The van der Waals surface area contributed by atoms with E-state index in [1.54, 1.807) is 7.11 Å². The van der Waals surface area contributed by atoms with E-state index in [1.807, 2.05) is 27.7 Å². The number of methoxy groups -OCH3 is 1. The molecule has 1 unspecified atom stereocenters. The summed E-state index contributed by atoms with van der Waals surface area (Å²) < 4.78 is 10.4. The second-order valence-corrected chi connectivity index (χ2v) is 3.95. The minimum atomic E-state index is -0.506. The minimum absolute atomic E-state index is 0.0731. The highest BCUT2D eigenvalue weighted by molar-refractivity contribution is 4.99. The third-order valence-corrected chi connectivity index (χ3v) is 2.37. The number of nitrogens with one attached hydrogen (secondary N) is 1. The highest BCUT2D eigenvalue weighted by Gasteiger charge is 2.27. The third-order valence-electron chi connectivity index (χ3n) is 2.37. The van der Waals surface area contributed by atoms with Crippen LogP contribution >= 0.6 is 0 Å². The number of nitrogens with zero attached hydrogens (tertiary/aromatic N) is 2. The van der Waals surface area contributed by atoms with Crippen molar-refractivity contribution < 1.29 is 9.26 Å². The van der Waals surface area contributed by atoms with Gasteiger partial charge in [-0.05, 0) is 27.3 Å². The predicted octanol–water partition coefficient (Wildman–Crippen LogP) is 1.62. The van der Waals surface area contributed by atoms with Crippen molar-refractivity contribution in [1.82, 2.24) is 15.5 Å². The molecule has 0 saturated heterocycles. The van der Waals surface area contributed by atoms with Crippen LogP contribution in [0.15, 0.2) is 4.52 Å². The van der Waals surface area contributed by atoms with Gasteiger partial charge in [0.15, 0.2) is 0 Å². The molecule has 0 saturated carbocycles. The minimum Gasteiger partial charge on any atom is -0.371 e. The van der Waals surface area contributed by atoms with Crippen molar-refractivity contribution in [3.8, 4) is 0 Å². The molecule has 1 heterocycles. The summed E-state index contributed by atoms with van der Waals surface area (Å²) in [5.41, 5.74) is -0.506. The summed E-state index contributed by atoms with van der Waals surface area (Å²) in [5.74, 6) is 1.17. The van der Waals surface area contributed by atoms with Crippen LogP contribution in [0, 0.1) is 0 Å². The molecule has 1 rings (SSSR count). The van der Waals surface area contributed by atoms with Crippen molar-refractivity contribution >= 4 is 0 Å². The van der Waals surface area contributed by atoms with Gasteiger partial charge in [0.2, 0.25) is 11.7 Å². The van der Waals surface area contributed by atoms with Gasteiger partial charge in [0.1, 0.15) is 5.60 Å². The Labute approximate surface area is 90.2 Å². The van der Waals surface area contributed by atoms with Crippen molar-refractivity contribution in [2.45, 2.75) is 39.3 Å². The van der Waals surface area contributed by atoms with E-state index in [9.17, 15) is 0 Å². The summed E-state index contributed by atoms with van der Waals surface area (Å²) in [6.07, 6.45) is 0. The van der Waals surface area contributed by atoms with E-state index < -0.39 is 5.60 Å². The van der Waals surface area contributed by atoms with Crippen molar-refractivity contribution in [2.24, 2.45) is 0 Å². The lowest BCUT2D eigenvalue weighted by molar-refractivity contribution is 0.00973. The Hall–Kier alpha value is -0.940. The van der Waals surface area contributed by atoms with Crippen LogP contribution in [0.25, 0.3) is 0 Å². The lowest BCUT2D eigenvalue weighted by Gasteiger charge is -2.17. The fraction of sp³-hybridized carbons (Fsp3) is 0.800. The first kappa shape index (κ1) is 12.1. The molecular weight excluding hydrogens is 194 g/mol. The molecule has 0 aliphatic carbocycles. The van der Waals surface area contributed by atoms with Gasteiger partial charge in [0.05, 0.1) is 6.04 Å². The zero-order valence-electron chi connectivity index (χ0n) is 10.00. The van der Waals surface area contributed by atoms with E-state index in [2.05, 4.69) is 15.5 Å². The zero-order chi connectivity index (χ0) is 11.5. The van der Waals surface area contributed by atoms with Crippen molar-refractivity contribution in [1.29, 1.82) is 0 Å². The fourth-order valence-electron chi connectivity index (χ4n) is 1.14. The maximum absolute atomic E-state index is 5.27. The molecule has 0 aliphatic heterocycles. The summed E-state index contributed by atoms with van der Waals surface area (Å²) in [7, 11) is 1.63. The Morgan fingerprint density at radius 2 is 2.20 bits per heavy atom. The fourth-order valence-corrected chi connectivity index (χ4v) is 1.14. The van der Waals surface area contributed by atoms with Crippen molar-refractivity contribution in [3.63, 3.8) is 0 Å². The van der Waals surface area contributed by atoms with Gasteiger partial charge < -0.3 is 14.6 Å². The van der Waals surface area contributed by atoms with Gasteiger partial charge in [0.25, 0.3) is 0 Å². The number of hydrogen-bond acceptors (Lipinski definition) is 5. The van der Waals surface area contributed by atoms with Crippen LogP contribution in [0.1, 0.15) is 45.5 Å². The Kier molecular flexibility index (Phi) is 3.82. The number of ether oxygens (including phenoxy) is 1. The molecule has 1 atom stereocenters. The van der Waals surface area contributed by atoms with E-state index >= 15 is 0 Å². The summed E-state index contributed by atoms with van der Waals surface area (Å²) in [4.78, 5) is 4.31. The van der Waals surface area contributed by atoms with Gasteiger partial charge in [-0.25, -0.2) is 0 Å². The van der Waals surface area contributed by atoms with Gasteiger partial charge in [0, 0.05) is 7.11 Å². The average molecular weight is 213 g/mol. The highest BCUT2D eigenvalue weighted by Crippen LogP contribution is 2.21. The van der Waals surface area contributed by atoms with E-state index in [0.29, 0.717) is 11.7 Å². The first-order valence-electron chi connectivity index (χ1n) is 5.14.